The molecule has 4 heterocycles. The minimum absolute atomic E-state index is 0.127. The third kappa shape index (κ3) is 2.61. The lowest BCUT2D eigenvalue weighted by Gasteiger charge is -2.30. The largest absolute Gasteiger partial charge is 0.485 e. The third-order valence-electron chi connectivity index (χ3n) is 4.89. The molecule has 0 bridgehead atoms. The van der Waals surface area contributed by atoms with Crippen molar-refractivity contribution in [1.82, 2.24) is 9.97 Å². The SMILES string of the molecule is c1ccc2c(c1)OC[C@@H](c1csc3ncnc(N4CCCCC4)c13)O2. The number of piperidine rings is 1. The highest BCUT2D eigenvalue weighted by atomic mass is 32.1. The normalized spacial score (nSPS) is 20.0. The number of para-hydroxylation sites is 2. The van der Waals surface area contributed by atoms with Crippen LogP contribution in [-0.4, -0.2) is 29.7 Å². The van der Waals surface area contributed by atoms with Crippen LogP contribution in [0.15, 0.2) is 36.0 Å². The van der Waals surface area contributed by atoms with E-state index in [1.807, 2.05) is 24.3 Å². The zero-order valence-corrected chi connectivity index (χ0v) is 14.7. The maximum absolute atomic E-state index is 6.23. The number of ether oxygens (including phenoxy) is 2. The van der Waals surface area contributed by atoms with Crippen molar-refractivity contribution in [2.24, 2.45) is 0 Å². The maximum atomic E-state index is 6.23. The van der Waals surface area contributed by atoms with Crippen LogP contribution in [0.5, 0.6) is 11.5 Å². The standard InChI is InChI=1S/C19H19N3O2S/c1-4-8-22(9-5-1)18-17-13(11-25-19(17)21-12-20-18)16-10-23-14-6-2-3-7-15(14)24-16/h2-3,6-7,11-12,16H,1,4-5,8-10H2/t16-/m0/s1. The van der Waals surface area contributed by atoms with Crippen molar-refractivity contribution in [3.05, 3.63) is 41.5 Å². The molecule has 25 heavy (non-hydrogen) atoms. The molecule has 0 radical (unpaired) electrons. The summed E-state index contributed by atoms with van der Waals surface area (Å²) in [5.41, 5.74) is 1.13. The van der Waals surface area contributed by atoms with Gasteiger partial charge in [0, 0.05) is 24.0 Å². The number of anilines is 1. The van der Waals surface area contributed by atoms with Gasteiger partial charge in [0.05, 0.1) is 5.39 Å². The highest BCUT2D eigenvalue weighted by molar-refractivity contribution is 7.17. The molecule has 2 aromatic heterocycles. The number of hydrogen-bond acceptors (Lipinski definition) is 6. The van der Waals surface area contributed by atoms with Crippen LogP contribution in [0.2, 0.25) is 0 Å². The van der Waals surface area contributed by atoms with E-state index in [-0.39, 0.29) is 6.10 Å². The lowest BCUT2D eigenvalue weighted by molar-refractivity contribution is 0.0925. The second-order valence-electron chi connectivity index (χ2n) is 6.48. The van der Waals surface area contributed by atoms with E-state index in [9.17, 15) is 0 Å². The van der Waals surface area contributed by atoms with Gasteiger partial charge in [0.2, 0.25) is 0 Å². The molecule has 1 fully saturated rings. The minimum Gasteiger partial charge on any atom is -0.485 e. The van der Waals surface area contributed by atoms with Crippen molar-refractivity contribution in [1.29, 1.82) is 0 Å². The molecule has 1 aromatic carbocycles. The van der Waals surface area contributed by atoms with Gasteiger partial charge in [0.15, 0.2) is 17.6 Å². The van der Waals surface area contributed by atoms with Crippen LogP contribution in [0.25, 0.3) is 10.2 Å². The van der Waals surface area contributed by atoms with Gasteiger partial charge >= 0.3 is 0 Å². The van der Waals surface area contributed by atoms with Crippen LogP contribution >= 0.6 is 11.3 Å². The molecular formula is C19H19N3O2S. The number of fused-ring (bicyclic) bond motifs is 2. The fourth-order valence-corrected chi connectivity index (χ4v) is 4.58. The van der Waals surface area contributed by atoms with Crippen molar-refractivity contribution in [3.63, 3.8) is 0 Å². The molecule has 0 spiro atoms. The Morgan fingerprint density at radius 3 is 2.76 bits per heavy atom. The van der Waals surface area contributed by atoms with Crippen LogP contribution < -0.4 is 14.4 Å². The van der Waals surface area contributed by atoms with Gasteiger partial charge in [-0.05, 0) is 31.4 Å². The average Bonchev–Trinajstić information content (AvgIpc) is 3.12. The molecule has 0 N–H and O–H groups in total. The second kappa shape index (κ2) is 6.19. The van der Waals surface area contributed by atoms with Gasteiger partial charge in [-0.1, -0.05) is 12.1 Å². The first kappa shape index (κ1) is 15.0. The molecule has 6 heteroatoms. The number of aromatic nitrogens is 2. The van der Waals surface area contributed by atoms with Crippen LogP contribution in [0.1, 0.15) is 30.9 Å². The molecule has 1 saturated heterocycles. The summed E-state index contributed by atoms with van der Waals surface area (Å²) < 4.78 is 12.2. The van der Waals surface area contributed by atoms with Crippen molar-refractivity contribution in [2.45, 2.75) is 25.4 Å². The van der Waals surface area contributed by atoms with Crippen LogP contribution in [-0.2, 0) is 0 Å². The molecule has 0 unspecified atom stereocenters. The predicted octanol–water partition coefficient (Wildman–Crippen LogP) is 4.19. The zero-order chi connectivity index (χ0) is 16.6. The van der Waals surface area contributed by atoms with Crippen LogP contribution in [0.3, 0.4) is 0 Å². The number of hydrogen-bond donors (Lipinski definition) is 0. The number of nitrogens with zero attached hydrogens (tertiary/aromatic N) is 3. The van der Waals surface area contributed by atoms with Crippen LogP contribution in [0.4, 0.5) is 5.82 Å². The van der Waals surface area contributed by atoms with E-state index in [1.54, 1.807) is 17.7 Å². The predicted molar refractivity (Wildman–Crippen MR) is 98.8 cm³/mol. The molecule has 2 aliphatic heterocycles. The first-order valence-electron chi connectivity index (χ1n) is 8.76. The summed E-state index contributed by atoms with van der Waals surface area (Å²) in [5.74, 6) is 2.66. The molecule has 3 aromatic rings. The minimum atomic E-state index is -0.127. The Hall–Kier alpha value is -2.34. The lowest BCUT2D eigenvalue weighted by Crippen LogP contribution is -2.30. The van der Waals surface area contributed by atoms with Crippen molar-refractivity contribution < 1.29 is 9.47 Å². The molecule has 128 valence electrons. The van der Waals surface area contributed by atoms with Crippen molar-refractivity contribution in [3.8, 4) is 11.5 Å². The highest BCUT2D eigenvalue weighted by Gasteiger charge is 2.28. The van der Waals surface area contributed by atoms with E-state index < -0.39 is 0 Å². The number of benzene rings is 1. The summed E-state index contributed by atoms with van der Waals surface area (Å²) in [5, 5.41) is 3.27. The van der Waals surface area contributed by atoms with Crippen LogP contribution in [0, 0.1) is 0 Å². The molecule has 5 rings (SSSR count). The van der Waals surface area contributed by atoms with Gasteiger partial charge in [0.1, 0.15) is 23.6 Å². The van der Waals surface area contributed by atoms with Gasteiger partial charge in [-0.3, -0.25) is 0 Å². The Morgan fingerprint density at radius 2 is 1.88 bits per heavy atom. The monoisotopic (exact) mass is 353 g/mol. The van der Waals surface area contributed by atoms with E-state index in [0.29, 0.717) is 6.61 Å². The van der Waals surface area contributed by atoms with E-state index in [4.69, 9.17) is 9.47 Å². The summed E-state index contributed by atoms with van der Waals surface area (Å²) in [6.45, 7) is 2.63. The molecule has 1 atom stereocenters. The molecule has 2 aliphatic rings. The Labute approximate surface area is 150 Å². The van der Waals surface area contributed by atoms with Crippen molar-refractivity contribution in [2.75, 3.05) is 24.6 Å². The summed E-state index contributed by atoms with van der Waals surface area (Å²) in [7, 11) is 0. The van der Waals surface area contributed by atoms with E-state index in [1.165, 1.54) is 19.3 Å². The number of rotatable bonds is 2. The Kier molecular flexibility index (Phi) is 3.70. The topological polar surface area (TPSA) is 47.5 Å². The summed E-state index contributed by atoms with van der Waals surface area (Å²) in [6, 6.07) is 7.83. The second-order valence-corrected chi connectivity index (χ2v) is 7.34. The number of thiophene rings is 1. The molecular weight excluding hydrogens is 334 g/mol. The summed E-state index contributed by atoms with van der Waals surface area (Å²) in [6.07, 6.45) is 5.30. The van der Waals surface area contributed by atoms with Gasteiger partial charge in [0.25, 0.3) is 0 Å². The maximum Gasteiger partial charge on any atom is 0.162 e. The van der Waals surface area contributed by atoms with Gasteiger partial charge in [-0.15, -0.1) is 11.3 Å². The van der Waals surface area contributed by atoms with Crippen molar-refractivity contribution >= 4 is 27.4 Å². The first-order chi connectivity index (χ1) is 12.4. The fraction of sp³-hybridized carbons (Fsp3) is 0.368. The van der Waals surface area contributed by atoms with Gasteiger partial charge < -0.3 is 14.4 Å². The third-order valence-corrected chi connectivity index (χ3v) is 5.79. The Balaban J connectivity index is 1.56. The lowest BCUT2D eigenvalue weighted by atomic mass is 10.1. The first-order valence-corrected chi connectivity index (χ1v) is 9.63. The van der Waals surface area contributed by atoms with E-state index >= 15 is 0 Å². The molecule has 0 aliphatic carbocycles. The highest BCUT2D eigenvalue weighted by Crippen LogP contribution is 2.41. The quantitative estimate of drug-likeness (QED) is 0.691. The van der Waals surface area contributed by atoms with E-state index in [2.05, 4.69) is 20.2 Å². The van der Waals surface area contributed by atoms with Gasteiger partial charge in [-0.2, -0.15) is 0 Å². The van der Waals surface area contributed by atoms with E-state index in [0.717, 1.165) is 46.2 Å². The smallest absolute Gasteiger partial charge is 0.162 e. The Morgan fingerprint density at radius 1 is 1.04 bits per heavy atom. The Bertz CT molecular complexity index is 905. The summed E-state index contributed by atoms with van der Waals surface area (Å²) in [4.78, 5) is 12.5. The zero-order valence-electron chi connectivity index (χ0n) is 13.9. The molecule has 0 amide bonds. The molecule has 0 saturated carbocycles. The summed E-state index contributed by atoms with van der Waals surface area (Å²) >= 11 is 1.65. The average molecular weight is 353 g/mol. The van der Waals surface area contributed by atoms with Gasteiger partial charge in [-0.25, -0.2) is 9.97 Å². The molecule has 5 nitrogen and oxygen atoms in total. The fourth-order valence-electron chi connectivity index (χ4n) is 3.64.